The highest BCUT2D eigenvalue weighted by molar-refractivity contribution is 7.89. The van der Waals surface area contributed by atoms with Crippen LogP contribution < -0.4 is 10.9 Å². The van der Waals surface area contributed by atoms with Crippen LogP contribution in [0.2, 0.25) is 0 Å². The highest BCUT2D eigenvalue weighted by Gasteiger charge is 2.29. The van der Waals surface area contributed by atoms with Crippen LogP contribution in [0.1, 0.15) is 45.1 Å². The number of rotatable bonds is 7. The van der Waals surface area contributed by atoms with Crippen molar-refractivity contribution in [3.63, 3.8) is 0 Å². The van der Waals surface area contributed by atoms with Crippen LogP contribution >= 0.6 is 0 Å². The lowest BCUT2D eigenvalue weighted by atomic mass is 10.1. The molecule has 31 heavy (non-hydrogen) atoms. The van der Waals surface area contributed by atoms with Crippen LogP contribution in [0.25, 0.3) is 11.0 Å². The minimum atomic E-state index is -3.28. The molecule has 2 aromatic heterocycles. The Balaban J connectivity index is 1.49. The normalized spacial score (nSPS) is 23.4. The Kier molecular flexibility index (Phi) is 6.59. The lowest BCUT2D eigenvalue weighted by Gasteiger charge is -2.31. The molecule has 0 spiro atoms. The Morgan fingerprint density at radius 2 is 1.97 bits per heavy atom. The minimum absolute atomic E-state index is 0.00645. The number of pyridine rings is 1. The molecule has 1 saturated heterocycles. The van der Waals surface area contributed by atoms with Crippen molar-refractivity contribution in [3.05, 3.63) is 28.7 Å². The predicted octanol–water partition coefficient (Wildman–Crippen LogP) is 2.01. The van der Waals surface area contributed by atoms with Crippen LogP contribution in [-0.4, -0.2) is 65.9 Å². The second kappa shape index (κ2) is 9.22. The average molecular weight is 450 g/mol. The molecule has 1 aliphatic carbocycles. The third-order valence-corrected chi connectivity index (χ3v) is 8.38. The molecular formula is C21H31N5O4S. The van der Waals surface area contributed by atoms with Gasteiger partial charge in [0.15, 0.2) is 0 Å². The fourth-order valence-corrected chi connectivity index (χ4v) is 6.12. The van der Waals surface area contributed by atoms with E-state index >= 15 is 0 Å². The first-order valence-electron chi connectivity index (χ1n) is 11.0. The molecule has 0 bridgehead atoms. The summed E-state index contributed by atoms with van der Waals surface area (Å²) < 4.78 is 33.0. The maximum absolute atomic E-state index is 12.7. The third-order valence-electron chi connectivity index (χ3n) is 6.54. The SMILES string of the molecule is COCCS(=O)(=O)N1CCC(Nc2ncc3ccc(=O)n([C@@H]4CCC[C@@H]4C)c3n2)CC1. The topological polar surface area (TPSA) is 106 Å². The van der Waals surface area contributed by atoms with E-state index in [1.807, 2.05) is 4.57 Å². The summed E-state index contributed by atoms with van der Waals surface area (Å²) in [6.45, 7) is 3.31. The fraction of sp³-hybridized carbons (Fsp3) is 0.667. The van der Waals surface area contributed by atoms with Gasteiger partial charge in [-0.1, -0.05) is 13.3 Å². The second-order valence-corrected chi connectivity index (χ2v) is 10.7. The number of anilines is 1. The van der Waals surface area contributed by atoms with Crippen molar-refractivity contribution in [2.45, 2.75) is 51.1 Å². The molecule has 1 N–H and O–H groups in total. The largest absolute Gasteiger partial charge is 0.384 e. The van der Waals surface area contributed by atoms with Gasteiger partial charge in [0.2, 0.25) is 16.0 Å². The molecule has 1 saturated carbocycles. The van der Waals surface area contributed by atoms with Gasteiger partial charge in [-0.25, -0.2) is 17.7 Å². The predicted molar refractivity (Wildman–Crippen MR) is 120 cm³/mol. The number of hydrogen-bond donors (Lipinski definition) is 1. The number of piperidine rings is 1. The van der Waals surface area contributed by atoms with Gasteiger partial charge in [0.1, 0.15) is 5.65 Å². The summed E-state index contributed by atoms with van der Waals surface area (Å²) in [6.07, 6.45) is 6.34. The Bertz CT molecular complexity index is 1080. The number of nitrogens with zero attached hydrogens (tertiary/aromatic N) is 4. The van der Waals surface area contributed by atoms with Crippen molar-refractivity contribution in [2.24, 2.45) is 5.92 Å². The average Bonchev–Trinajstić information content (AvgIpc) is 3.18. The monoisotopic (exact) mass is 449 g/mol. The number of ether oxygens (including phenoxy) is 1. The van der Waals surface area contributed by atoms with E-state index in [1.54, 1.807) is 18.3 Å². The summed E-state index contributed by atoms with van der Waals surface area (Å²) in [5, 5.41) is 4.20. The first kappa shape index (κ1) is 22.2. The Morgan fingerprint density at radius 3 is 2.65 bits per heavy atom. The van der Waals surface area contributed by atoms with Crippen LogP contribution in [0.5, 0.6) is 0 Å². The maximum Gasteiger partial charge on any atom is 0.252 e. The summed E-state index contributed by atoms with van der Waals surface area (Å²) in [6, 6.07) is 3.63. The highest BCUT2D eigenvalue weighted by Crippen LogP contribution is 2.35. The molecule has 0 radical (unpaired) electrons. The molecule has 0 aromatic carbocycles. The number of nitrogens with one attached hydrogen (secondary N) is 1. The van der Waals surface area contributed by atoms with Crippen molar-refractivity contribution in [1.29, 1.82) is 0 Å². The van der Waals surface area contributed by atoms with Gasteiger partial charge in [0, 0.05) is 49.9 Å². The van der Waals surface area contributed by atoms with Crippen molar-refractivity contribution < 1.29 is 13.2 Å². The van der Waals surface area contributed by atoms with Crippen LogP contribution in [0, 0.1) is 5.92 Å². The number of hydrogen-bond acceptors (Lipinski definition) is 7. The van der Waals surface area contributed by atoms with E-state index < -0.39 is 10.0 Å². The number of aromatic nitrogens is 3. The molecule has 2 atom stereocenters. The third kappa shape index (κ3) is 4.75. The second-order valence-electron chi connectivity index (χ2n) is 8.62. The van der Waals surface area contributed by atoms with Gasteiger partial charge in [-0.05, 0) is 37.7 Å². The van der Waals surface area contributed by atoms with E-state index in [-0.39, 0.29) is 30.0 Å². The standard InChI is InChI=1S/C21H31N5O4S/c1-15-4-3-5-18(15)26-19(27)7-6-16-14-22-21(24-20(16)26)23-17-8-10-25(11-9-17)31(28,29)13-12-30-2/h6-7,14-15,17-18H,3-5,8-13H2,1-2H3,(H,22,23,24)/t15-,18+/m0/s1. The van der Waals surface area contributed by atoms with E-state index in [9.17, 15) is 13.2 Å². The van der Waals surface area contributed by atoms with Crippen LogP contribution in [0.4, 0.5) is 5.95 Å². The molecule has 0 amide bonds. The van der Waals surface area contributed by atoms with Gasteiger partial charge >= 0.3 is 0 Å². The summed E-state index contributed by atoms with van der Waals surface area (Å²) in [7, 11) is -1.78. The molecule has 170 valence electrons. The summed E-state index contributed by atoms with van der Waals surface area (Å²) >= 11 is 0. The highest BCUT2D eigenvalue weighted by atomic mass is 32.2. The molecule has 2 aliphatic rings. The molecule has 2 fully saturated rings. The maximum atomic E-state index is 12.7. The number of fused-ring (bicyclic) bond motifs is 1. The van der Waals surface area contributed by atoms with Crippen molar-refractivity contribution in [2.75, 3.05) is 37.9 Å². The smallest absolute Gasteiger partial charge is 0.252 e. The van der Waals surface area contributed by atoms with E-state index in [1.165, 1.54) is 11.4 Å². The van der Waals surface area contributed by atoms with Crippen molar-refractivity contribution in [3.8, 4) is 0 Å². The number of methoxy groups -OCH3 is 1. The lowest BCUT2D eigenvalue weighted by Crippen LogP contribution is -2.43. The van der Waals surface area contributed by atoms with Crippen LogP contribution in [0.15, 0.2) is 23.1 Å². The quantitative estimate of drug-likeness (QED) is 0.689. The molecule has 0 unspecified atom stereocenters. The summed E-state index contributed by atoms with van der Waals surface area (Å²) in [5.41, 5.74) is 0.647. The zero-order valence-corrected chi connectivity index (χ0v) is 19.0. The molecule has 1 aliphatic heterocycles. The van der Waals surface area contributed by atoms with Crippen LogP contribution in [0.3, 0.4) is 0 Å². The van der Waals surface area contributed by atoms with Crippen LogP contribution in [-0.2, 0) is 14.8 Å². The van der Waals surface area contributed by atoms with Gasteiger partial charge in [0.05, 0.1) is 12.4 Å². The van der Waals surface area contributed by atoms with E-state index in [0.717, 1.165) is 24.6 Å². The first-order chi connectivity index (χ1) is 14.9. The Morgan fingerprint density at radius 1 is 1.19 bits per heavy atom. The lowest BCUT2D eigenvalue weighted by molar-refractivity contribution is 0.214. The van der Waals surface area contributed by atoms with Crippen molar-refractivity contribution in [1.82, 2.24) is 18.8 Å². The van der Waals surface area contributed by atoms with Gasteiger partial charge < -0.3 is 10.1 Å². The Labute approximate surface area is 182 Å². The molecule has 10 heteroatoms. The van der Waals surface area contributed by atoms with E-state index in [0.29, 0.717) is 43.4 Å². The fourth-order valence-electron chi connectivity index (χ4n) is 4.72. The molecular weight excluding hydrogens is 418 g/mol. The van der Waals surface area contributed by atoms with E-state index in [4.69, 9.17) is 9.72 Å². The zero-order chi connectivity index (χ0) is 22.0. The molecule has 4 rings (SSSR count). The van der Waals surface area contributed by atoms with Crippen molar-refractivity contribution >= 4 is 27.0 Å². The summed E-state index contributed by atoms with van der Waals surface area (Å²) in [5.74, 6) is 0.934. The van der Waals surface area contributed by atoms with Gasteiger partial charge in [0.25, 0.3) is 5.56 Å². The summed E-state index contributed by atoms with van der Waals surface area (Å²) in [4.78, 5) is 21.8. The van der Waals surface area contributed by atoms with Gasteiger partial charge in [-0.15, -0.1) is 0 Å². The van der Waals surface area contributed by atoms with Gasteiger partial charge in [-0.2, -0.15) is 4.98 Å². The minimum Gasteiger partial charge on any atom is -0.384 e. The zero-order valence-electron chi connectivity index (χ0n) is 18.2. The van der Waals surface area contributed by atoms with Gasteiger partial charge in [-0.3, -0.25) is 9.36 Å². The molecule has 3 heterocycles. The molecule has 9 nitrogen and oxygen atoms in total. The first-order valence-corrected chi connectivity index (χ1v) is 12.6. The van der Waals surface area contributed by atoms with E-state index in [2.05, 4.69) is 17.2 Å². The molecule has 2 aromatic rings. The Hall–Kier alpha value is -2.04. The number of sulfonamides is 1.